The molecule has 0 radical (unpaired) electrons. The molecule has 1 N–H and O–H groups in total. The van der Waals surface area contributed by atoms with E-state index in [1.54, 1.807) is 79.1 Å². The Bertz CT molecular complexity index is 1020. The fourth-order valence-corrected chi connectivity index (χ4v) is 11.8. The summed E-state index contributed by atoms with van der Waals surface area (Å²) in [6, 6.07) is 24.4. The number of aromatic carboxylic acids is 3. The third-order valence-corrected chi connectivity index (χ3v) is 14.8. The minimum atomic E-state index is -1.13. The first-order chi connectivity index (χ1) is 20.2. The summed E-state index contributed by atoms with van der Waals surface area (Å²) in [5.74, 6) is -3.14. The number of rotatable bonds is 10. The molecule has 3 aromatic rings. The maximum Gasteiger partial charge on any atom is 2.00 e. The van der Waals surface area contributed by atoms with Crippen LogP contribution in [0.3, 0.4) is 0 Å². The minimum Gasteiger partial charge on any atom is -0.545 e. The fourth-order valence-electron chi connectivity index (χ4n) is 4.51. The van der Waals surface area contributed by atoms with Crippen LogP contribution in [0.2, 0.25) is 0 Å². The van der Waals surface area contributed by atoms with Crippen molar-refractivity contribution in [2.45, 2.75) is 78.0 Å². The number of carboxylic acid groups (broad SMARTS) is 3. The molecule has 0 aromatic heterocycles. The summed E-state index contributed by atoms with van der Waals surface area (Å²) in [7, 11) is -0.229. The average Bonchev–Trinajstić information content (AvgIpc) is 2.97. The second-order valence-electron chi connectivity index (χ2n) is 11.2. The Labute approximate surface area is 281 Å². The molecule has 0 unspecified atom stereocenters. The van der Waals surface area contributed by atoms with Gasteiger partial charge in [0.15, 0.2) is 0 Å². The van der Waals surface area contributed by atoms with Gasteiger partial charge in [0.2, 0.25) is 0 Å². The van der Waals surface area contributed by atoms with E-state index in [0.29, 0.717) is 5.56 Å². The second-order valence-corrected chi connectivity index (χ2v) is 19.2. The summed E-state index contributed by atoms with van der Waals surface area (Å²) >= 11 is 0. The first-order valence-electron chi connectivity index (χ1n) is 14.7. The first kappa shape index (κ1) is 43.7. The van der Waals surface area contributed by atoms with Crippen molar-refractivity contribution in [3.05, 3.63) is 108 Å². The Hall–Kier alpha value is -2.38. The molecule has 44 heavy (non-hydrogen) atoms. The first-order valence-corrected chi connectivity index (χ1v) is 18.4. The number of hydrogen-bond acceptors (Lipinski definition) is 5. The number of carboxylic acids is 3. The normalized spacial score (nSPS) is 10.2. The molecule has 0 atom stereocenters. The van der Waals surface area contributed by atoms with E-state index in [2.05, 4.69) is 55.4 Å². The number of carbonyl (C=O) groups is 3. The van der Waals surface area contributed by atoms with E-state index in [1.807, 2.05) is 0 Å². The van der Waals surface area contributed by atoms with Gasteiger partial charge in [-0.05, 0) is 78.6 Å². The van der Waals surface area contributed by atoms with Crippen molar-refractivity contribution < 1.29 is 50.8 Å². The molecule has 6 nitrogen and oxygen atoms in total. The van der Waals surface area contributed by atoms with Gasteiger partial charge in [-0.25, -0.2) is 4.79 Å². The van der Waals surface area contributed by atoms with E-state index in [1.165, 1.54) is 24.3 Å². The Morgan fingerprint density at radius 2 is 0.750 bits per heavy atom. The van der Waals surface area contributed by atoms with Crippen LogP contribution in [-0.2, 0) is 21.1 Å². The predicted molar refractivity (Wildman–Crippen MR) is 182 cm³/mol. The molecule has 0 saturated carbocycles. The van der Waals surface area contributed by atoms with Gasteiger partial charge in [0, 0.05) is 15.8 Å². The van der Waals surface area contributed by atoms with Gasteiger partial charge in [0.1, 0.15) is 0 Å². The van der Waals surface area contributed by atoms with Crippen LogP contribution in [0.1, 0.15) is 86.5 Å². The molecule has 0 amide bonds. The predicted octanol–water partition coefficient (Wildman–Crippen LogP) is 6.53. The number of carbonyl (C=O) groups excluding carboxylic acids is 2. The van der Waals surface area contributed by atoms with E-state index in [4.69, 9.17) is 5.11 Å². The summed E-state index contributed by atoms with van der Waals surface area (Å²) in [5.41, 5.74) is 4.58. The molecule has 0 aliphatic heterocycles. The molecule has 0 bridgehead atoms. The zero-order valence-electron chi connectivity index (χ0n) is 27.2. The van der Waals surface area contributed by atoms with Gasteiger partial charge < -0.3 is 24.9 Å². The van der Waals surface area contributed by atoms with Crippen molar-refractivity contribution >= 4 is 33.8 Å². The van der Waals surface area contributed by atoms with Crippen LogP contribution < -0.4 is 10.2 Å². The Kier molecular flexibility index (Phi) is 24.7. The molecular weight excluding hydrogens is 773 g/mol. The SMILES string of the molecule is CC(C)[PH+](CC[PH+](C(C)C)C(C)C)C(C)C.O=C(O)c1ccccc1.O=C([O-])c1ccccc1.O=C([O-])c1ccccc1.[Pt+2]. The van der Waals surface area contributed by atoms with Gasteiger partial charge in [0.05, 0.1) is 52.5 Å². The number of benzene rings is 3. The molecule has 0 fully saturated rings. The van der Waals surface area contributed by atoms with Crippen LogP contribution in [0.15, 0.2) is 91.0 Å². The molecule has 3 aromatic carbocycles. The Balaban J connectivity index is 0. The third-order valence-electron chi connectivity index (χ3n) is 6.71. The summed E-state index contributed by atoms with van der Waals surface area (Å²) in [6.45, 7) is 19.5. The molecule has 0 aliphatic carbocycles. The molecule has 0 aliphatic rings. The van der Waals surface area contributed by atoms with Gasteiger partial charge in [0.25, 0.3) is 0 Å². The summed E-state index contributed by atoms with van der Waals surface area (Å²) in [4.78, 5) is 30.4. The van der Waals surface area contributed by atoms with Crippen molar-refractivity contribution in [2.24, 2.45) is 0 Å². The van der Waals surface area contributed by atoms with Gasteiger partial charge in [-0.15, -0.1) is 0 Å². The third kappa shape index (κ3) is 19.8. The van der Waals surface area contributed by atoms with Crippen molar-refractivity contribution in [2.75, 3.05) is 12.3 Å². The number of hydrogen-bond donors (Lipinski definition) is 1. The standard InChI is InChI=1S/C14H32P2.3C7H6O2.Pt/c1-11(2)15(12(3)4)9-10-16(13(5)6)14(7)8;3*8-7(9)6-4-2-1-3-5-6;/h11-14H,9-10H2,1-8H3;3*1-5H,(H,8,9);/q;;;;+2. The van der Waals surface area contributed by atoms with Crippen LogP contribution in [0.25, 0.3) is 0 Å². The van der Waals surface area contributed by atoms with Gasteiger partial charge in [-0.3, -0.25) is 0 Å². The van der Waals surface area contributed by atoms with Crippen LogP contribution in [-0.4, -0.2) is 58.0 Å². The van der Waals surface area contributed by atoms with Crippen LogP contribution in [0, 0.1) is 0 Å². The van der Waals surface area contributed by atoms with Crippen LogP contribution in [0.5, 0.6) is 0 Å². The van der Waals surface area contributed by atoms with Gasteiger partial charge in [-0.1, -0.05) is 78.9 Å². The zero-order valence-corrected chi connectivity index (χ0v) is 31.5. The van der Waals surface area contributed by atoms with Gasteiger partial charge >= 0.3 is 27.0 Å². The molecule has 0 heterocycles. The van der Waals surface area contributed by atoms with Crippen LogP contribution >= 0.6 is 15.8 Å². The average molecular weight is 824 g/mol. The largest absolute Gasteiger partial charge is 2.00 e. The smallest absolute Gasteiger partial charge is 0.545 e. The van der Waals surface area contributed by atoms with E-state index in [0.717, 1.165) is 22.6 Å². The zero-order chi connectivity index (χ0) is 32.9. The molecule has 3 rings (SSSR count). The maximum absolute atomic E-state index is 10.2. The van der Waals surface area contributed by atoms with Crippen molar-refractivity contribution in [3.63, 3.8) is 0 Å². The Morgan fingerprint density at radius 1 is 0.523 bits per heavy atom. The van der Waals surface area contributed by atoms with E-state index in [-0.39, 0.29) is 48.0 Å². The van der Waals surface area contributed by atoms with E-state index >= 15 is 0 Å². The van der Waals surface area contributed by atoms with Crippen molar-refractivity contribution in [1.82, 2.24) is 0 Å². The second kappa shape index (κ2) is 24.9. The van der Waals surface area contributed by atoms with Crippen molar-refractivity contribution in [3.8, 4) is 0 Å². The minimum absolute atomic E-state index is 0. The van der Waals surface area contributed by atoms with Gasteiger partial charge in [-0.2, -0.15) is 0 Å². The van der Waals surface area contributed by atoms with Crippen LogP contribution in [0.4, 0.5) is 0 Å². The molecule has 0 saturated heterocycles. The maximum atomic E-state index is 10.2. The van der Waals surface area contributed by atoms with Crippen molar-refractivity contribution in [1.29, 1.82) is 0 Å². The Morgan fingerprint density at radius 3 is 0.886 bits per heavy atom. The van der Waals surface area contributed by atoms with E-state index < -0.39 is 17.9 Å². The summed E-state index contributed by atoms with van der Waals surface area (Å²) in [6.07, 6.45) is 3.12. The topological polar surface area (TPSA) is 118 Å². The summed E-state index contributed by atoms with van der Waals surface area (Å²) in [5, 5.41) is 28.6. The summed E-state index contributed by atoms with van der Waals surface area (Å²) < 4.78 is 0. The fraction of sp³-hybridized carbons (Fsp3) is 0.400. The monoisotopic (exact) mass is 823 g/mol. The quantitative estimate of drug-likeness (QED) is 0.233. The van der Waals surface area contributed by atoms with E-state index in [9.17, 15) is 24.6 Å². The molecule has 0 spiro atoms. The molecular formula is C35H50O6P2Pt+2. The molecule has 9 heteroatoms. The molecule has 244 valence electrons.